The third kappa shape index (κ3) is 3.90. The lowest BCUT2D eigenvalue weighted by atomic mass is 10.1. The molecule has 2 heterocycles. The van der Waals surface area contributed by atoms with E-state index in [1.807, 2.05) is 19.1 Å². The van der Waals surface area contributed by atoms with Gasteiger partial charge in [0.05, 0.1) is 19.8 Å². The van der Waals surface area contributed by atoms with Crippen molar-refractivity contribution in [2.75, 3.05) is 13.2 Å². The Labute approximate surface area is 131 Å². The fourth-order valence-electron chi connectivity index (χ4n) is 2.60. The van der Waals surface area contributed by atoms with E-state index in [1.54, 1.807) is 0 Å². The first-order valence-electron chi connectivity index (χ1n) is 7.80. The maximum Gasteiger partial charge on any atom is 0.124 e. The molecule has 3 rings (SSSR count). The molecular weight excluding hydrogens is 278 g/mol. The number of nitrogens with one attached hydrogen (secondary N) is 1. The molecule has 118 valence electrons. The zero-order valence-corrected chi connectivity index (χ0v) is 13.2. The first-order chi connectivity index (χ1) is 10.7. The Balaban J connectivity index is 1.61. The van der Waals surface area contributed by atoms with Crippen LogP contribution in [0.2, 0.25) is 0 Å². The molecule has 0 spiro atoms. The lowest BCUT2D eigenvalue weighted by Crippen LogP contribution is -2.18. The Morgan fingerprint density at radius 2 is 2.09 bits per heavy atom. The summed E-state index contributed by atoms with van der Waals surface area (Å²) in [6.45, 7) is 6.99. The summed E-state index contributed by atoms with van der Waals surface area (Å²) < 4.78 is 17.1. The first-order valence-corrected chi connectivity index (χ1v) is 7.80. The summed E-state index contributed by atoms with van der Waals surface area (Å²) in [7, 11) is 0. The average molecular weight is 301 g/mol. The van der Waals surface area contributed by atoms with Crippen LogP contribution < -0.4 is 10.1 Å². The number of hydrogen-bond donors (Lipinski definition) is 1. The first kappa shape index (κ1) is 15.1. The standard InChI is InChI=1S/C18H23NO3/c1-13-3-5-15(10-19-11-16-6-4-14(2)21-16)18(9-13)22-17-7-8-20-12-17/h3-6,9,17,19H,7-8,10-12H2,1-2H3/t17-/m1/s1. The van der Waals surface area contributed by atoms with Crippen molar-refractivity contribution in [3.63, 3.8) is 0 Å². The lowest BCUT2D eigenvalue weighted by Gasteiger charge is -2.16. The van der Waals surface area contributed by atoms with E-state index in [0.717, 1.165) is 36.8 Å². The predicted octanol–water partition coefficient (Wildman–Crippen LogP) is 3.35. The second-order valence-corrected chi connectivity index (χ2v) is 5.83. The van der Waals surface area contributed by atoms with Crippen LogP contribution in [0.3, 0.4) is 0 Å². The number of rotatable bonds is 6. The van der Waals surface area contributed by atoms with Gasteiger partial charge in [-0.15, -0.1) is 0 Å². The molecule has 4 heteroatoms. The summed E-state index contributed by atoms with van der Waals surface area (Å²) in [6.07, 6.45) is 1.14. The van der Waals surface area contributed by atoms with Crippen LogP contribution in [0.15, 0.2) is 34.7 Å². The SMILES string of the molecule is Cc1ccc(CNCc2ccc(C)o2)c(O[C@@H]2CCOC2)c1. The molecule has 0 aliphatic carbocycles. The van der Waals surface area contributed by atoms with Crippen LogP contribution in [0.1, 0.15) is 29.1 Å². The highest BCUT2D eigenvalue weighted by Gasteiger charge is 2.18. The van der Waals surface area contributed by atoms with Gasteiger partial charge in [-0.1, -0.05) is 12.1 Å². The third-order valence-corrected chi connectivity index (χ3v) is 3.81. The van der Waals surface area contributed by atoms with Crippen molar-refractivity contribution in [1.82, 2.24) is 5.32 Å². The summed E-state index contributed by atoms with van der Waals surface area (Å²) in [5, 5.41) is 3.41. The van der Waals surface area contributed by atoms with Gasteiger partial charge < -0.3 is 19.2 Å². The predicted molar refractivity (Wildman–Crippen MR) is 85.0 cm³/mol. The minimum atomic E-state index is 0.174. The molecule has 1 fully saturated rings. The third-order valence-electron chi connectivity index (χ3n) is 3.81. The van der Waals surface area contributed by atoms with Crippen molar-refractivity contribution in [2.24, 2.45) is 0 Å². The van der Waals surface area contributed by atoms with Gasteiger partial charge in [-0.3, -0.25) is 0 Å². The van der Waals surface area contributed by atoms with Gasteiger partial charge in [-0.05, 0) is 37.6 Å². The number of ether oxygens (including phenoxy) is 2. The largest absolute Gasteiger partial charge is 0.488 e. The Morgan fingerprint density at radius 3 is 2.82 bits per heavy atom. The van der Waals surface area contributed by atoms with E-state index in [1.165, 1.54) is 11.1 Å². The number of hydrogen-bond acceptors (Lipinski definition) is 4. The highest BCUT2D eigenvalue weighted by atomic mass is 16.5. The Hall–Kier alpha value is -1.78. The number of benzene rings is 1. The van der Waals surface area contributed by atoms with Crippen LogP contribution in [0, 0.1) is 13.8 Å². The summed E-state index contributed by atoms with van der Waals surface area (Å²) in [5.41, 5.74) is 2.38. The van der Waals surface area contributed by atoms with Crippen molar-refractivity contribution in [3.05, 3.63) is 53.0 Å². The van der Waals surface area contributed by atoms with E-state index in [-0.39, 0.29) is 6.10 Å². The molecule has 4 nitrogen and oxygen atoms in total. The molecule has 2 aromatic rings. The fourth-order valence-corrected chi connectivity index (χ4v) is 2.60. The van der Waals surface area contributed by atoms with Crippen LogP contribution in [-0.4, -0.2) is 19.3 Å². The Morgan fingerprint density at radius 1 is 1.18 bits per heavy atom. The topological polar surface area (TPSA) is 43.6 Å². The highest BCUT2D eigenvalue weighted by Crippen LogP contribution is 2.24. The van der Waals surface area contributed by atoms with Crippen LogP contribution in [0.25, 0.3) is 0 Å². The molecule has 1 aliphatic rings. The monoisotopic (exact) mass is 301 g/mol. The normalized spacial score (nSPS) is 17.8. The molecule has 1 N–H and O–H groups in total. The van der Waals surface area contributed by atoms with E-state index in [2.05, 4.69) is 30.4 Å². The lowest BCUT2D eigenvalue weighted by molar-refractivity contribution is 0.140. The van der Waals surface area contributed by atoms with Gasteiger partial charge in [-0.2, -0.15) is 0 Å². The van der Waals surface area contributed by atoms with Crippen LogP contribution in [-0.2, 0) is 17.8 Å². The second-order valence-electron chi connectivity index (χ2n) is 5.83. The zero-order chi connectivity index (χ0) is 15.4. The van der Waals surface area contributed by atoms with Crippen molar-refractivity contribution in [2.45, 2.75) is 39.5 Å². The maximum atomic E-state index is 6.11. The van der Waals surface area contributed by atoms with Crippen molar-refractivity contribution >= 4 is 0 Å². The Bertz CT molecular complexity index is 615. The van der Waals surface area contributed by atoms with Gasteiger partial charge in [0.1, 0.15) is 23.4 Å². The van der Waals surface area contributed by atoms with Gasteiger partial charge in [0, 0.05) is 18.5 Å². The molecule has 0 saturated carbocycles. The van der Waals surface area contributed by atoms with E-state index in [0.29, 0.717) is 13.2 Å². The quantitative estimate of drug-likeness (QED) is 0.888. The maximum absolute atomic E-state index is 6.11. The van der Waals surface area contributed by atoms with Crippen LogP contribution in [0.4, 0.5) is 0 Å². The molecule has 0 radical (unpaired) electrons. The van der Waals surface area contributed by atoms with Crippen LogP contribution >= 0.6 is 0 Å². The zero-order valence-electron chi connectivity index (χ0n) is 13.2. The average Bonchev–Trinajstić information content (AvgIpc) is 3.13. The summed E-state index contributed by atoms with van der Waals surface area (Å²) in [4.78, 5) is 0. The van der Waals surface area contributed by atoms with E-state index in [9.17, 15) is 0 Å². The molecule has 1 saturated heterocycles. The summed E-state index contributed by atoms with van der Waals surface area (Å²) >= 11 is 0. The van der Waals surface area contributed by atoms with Gasteiger partial charge in [0.15, 0.2) is 0 Å². The molecule has 0 amide bonds. The molecule has 1 aromatic carbocycles. The van der Waals surface area contributed by atoms with Gasteiger partial charge in [0.2, 0.25) is 0 Å². The molecule has 0 unspecified atom stereocenters. The van der Waals surface area contributed by atoms with Crippen molar-refractivity contribution in [3.8, 4) is 5.75 Å². The van der Waals surface area contributed by atoms with E-state index in [4.69, 9.17) is 13.9 Å². The van der Waals surface area contributed by atoms with Crippen molar-refractivity contribution < 1.29 is 13.9 Å². The summed E-state index contributed by atoms with van der Waals surface area (Å²) in [5.74, 6) is 2.85. The molecule has 1 aromatic heterocycles. The molecular formula is C18H23NO3. The number of furan rings is 1. The van der Waals surface area contributed by atoms with E-state index < -0.39 is 0 Å². The molecule has 0 bridgehead atoms. The second kappa shape index (κ2) is 6.99. The molecule has 1 aliphatic heterocycles. The summed E-state index contributed by atoms with van der Waals surface area (Å²) in [6, 6.07) is 10.3. The smallest absolute Gasteiger partial charge is 0.124 e. The molecule has 22 heavy (non-hydrogen) atoms. The fraction of sp³-hybridized carbons (Fsp3) is 0.444. The molecule has 1 atom stereocenters. The minimum Gasteiger partial charge on any atom is -0.488 e. The highest BCUT2D eigenvalue weighted by molar-refractivity contribution is 5.37. The minimum absolute atomic E-state index is 0.174. The number of aryl methyl sites for hydroxylation is 2. The van der Waals surface area contributed by atoms with E-state index >= 15 is 0 Å². The van der Waals surface area contributed by atoms with Gasteiger partial charge >= 0.3 is 0 Å². The Kier molecular flexibility index (Phi) is 4.80. The van der Waals surface area contributed by atoms with Gasteiger partial charge in [-0.25, -0.2) is 0 Å². The van der Waals surface area contributed by atoms with Crippen molar-refractivity contribution in [1.29, 1.82) is 0 Å². The van der Waals surface area contributed by atoms with Crippen LogP contribution in [0.5, 0.6) is 5.75 Å². The van der Waals surface area contributed by atoms with Gasteiger partial charge in [0.25, 0.3) is 0 Å².